The standard InChI is InChI=1S/C18H31N5S/c1-3-19-18(21-12-17-20-11-15(2)24-17)23-10-7-16(14-23)13-22-8-5-4-6-9-22/h11,16H,3-10,12-14H2,1-2H3,(H,19,21). The quantitative estimate of drug-likeness (QED) is 0.656. The number of thiazole rings is 1. The van der Waals surface area contributed by atoms with E-state index in [4.69, 9.17) is 4.99 Å². The molecule has 0 aromatic carbocycles. The molecule has 1 aromatic heterocycles. The highest BCUT2D eigenvalue weighted by Gasteiger charge is 2.26. The summed E-state index contributed by atoms with van der Waals surface area (Å²) in [6, 6.07) is 0. The molecule has 2 saturated heterocycles. The minimum absolute atomic E-state index is 0.689. The molecule has 0 bridgehead atoms. The summed E-state index contributed by atoms with van der Waals surface area (Å²) in [6.07, 6.45) is 7.41. The van der Waals surface area contributed by atoms with E-state index in [0.717, 1.165) is 36.5 Å². The summed E-state index contributed by atoms with van der Waals surface area (Å²) in [5.41, 5.74) is 0. The number of piperidine rings is 1. The monoisotopic (exact) mass is 349 g/mol. The van der Waals surface area contributed by atoms with E-state index in [2.05, 4.69) is 33.9 Å². The molecule has 0 aliphatic carbocycles. The molecule has 1 atom stereocenters. The fourth-order valence-corrected chi connectivity index (χ4v) is 4.44. The number of aromatic nitrogens is 1. The van der Waals surface area contributed by atoms with Crippen molar-refractivity contribution < 1.29 is 0 Å². The SMILES string of the molecule is CCNC(=NCc1ncc(C)s1)N1CCC(CN2CCCCC2)C1. The third-order valence-electron chi connectivity index (χ3n) is 4.92. The number of aryl methyl sites for hydroxylation is 1. The lowest BCUT2D eigenvalue weighted by Crippen LogP contribution is -2.41. The van der Waals surface area contributed by atoms with E-state index in [9.17, 15) is 0 Å². The summed E-state index contributed by atoms with van der Waals surface area (Å²) < 4.78 is 0. The number of rotatable bonds is 5. The number of nitrogens with one attached hydrogen (secondary N) is 1. The lowest BCUT2D eigenvalue weighted by atomic mass is 10.1. The molecule has 0 amide bonds. The molecule has 3 heterocycles. The number of hydrogen-bond acceptors (Lipinski definition) is 4. The van der Waals surface area contributed by atoms with Crippen LogP contribution in [0.15, 0.2) is 11.2 Å². The van der Waals surface area contributed by atoms with Gasteiger partial charge >= 0.3 is 0 Å². The zero-order valence-corrected chi connectivity index (χ0v) is 15.9. The molecule has 0 radical (unpaired) electrons. The smallest absolute Gasteiger partial charge is 0.194 e. The van der Waals surface area contributed by atoms with Gasteiger partial charge in [-0.05, 0) is 52.1 Å². The topological polar surface area (TPSA) is 43.8 Å². The molecule has 0 saturated carbocycles. The highest BCUT2D eigenvalue weighted by atomic mass is 32.1. The molecule has 0 spiro atoms. The average Bonchev–Trinajstić information content (AvgIpc) is 3.22. The third kappa shape index (κ3) is 4.93. The summed E-state index contributed by atoms with van der Waals surface area (Å²) in [7, 11) is 0. The highest BCUT2D eigenvalue weighted by Crippen LogP contribution is 2.20. The van der Waals surface area contributed by atoms with Crippen LogP contribution < -0.4 is 5.32 Å². The van der Waals surface area contributed by atoms with Crippen molar-refractivity contribution in [1.82, 2.24) is 20.1 Å². The lowest BCUT2D eigenvalue weighted by molar-refractivity contribution is 0.198. The van der Waals surface area contributed by atoms with Gasteiger partial charge in [0.2, 0.25) is 0 Å². The largest absolute Gasteiger partial charge is 0.357 e. The maximum absolute atomic E-state index is 4.83. The molecule has 6 heteroatoms. The van der Waals surface area contributed by atoms with Gasteiger partial charge < -0.3 is 15.1 Å². The van der Waals surface area contributed by atoms with Gasteiger partial charge in [0.05, 0.1) is 6.54 Å². The molecule has 134 valence electrons. The number of nitrogens with zero attached hydrogens (tertiary/aromatic N) is 4. The molecule has 2 aliphatic heterocycles. The van der Waals surface area contributed by atoms with Crippen LogP contribution >= 0.6 is 11.3 Å². The molecular formula is C18H31N5S. The van der Waals surface area contributed by atoms with E-state index in [1.807, 2.05) is 6.20 Å². The van der Waals surface area contributed by atoms with Crippen molar-refractivity contribution in [1.29, 1.82) is 0 Å². The first kappa shape index (κ1) is 17.7. The Morgan fingerprint density at radius 2 is 2.17 bits per heavy atom. The molecule has 1 unspecified atom stereocenters. The minimum Gasteiger partial charge on any atom is -0.357 e. The van der Waals surface area contributed by atoms with Gasteiger partial charge in [-0.3, -0.25) is 0 Å². The summed E-state index contributed by atoms with van der Waals surface area (Å²) in [4.78, 5) is 15.6. The van der Waals surface area contributed by atoms with Gasteiger partial charge in [0, 0.05) is 37.3 Å². The molecule has 3 rings (SSSR count). The van der Waals surface area contributed by atoms with E-state index in [0.29, 0.717) is 6.54 Å². The second-order valence-electron chi connectivity index (χ2n) is 7.00. The van der Waals surface area contributed by atoms with Gasteiger partial charge in [0.1, 0.15) is 5.01 Å². The second kappa shape index (κ2) is 8.81. The van der Waals surface area contributed by atoms with Crippen molar-refractivity contribution in [3.8, 4) is 0 Å². The third-order valence-corrected chi connectivity index (χ3v) is 5.82. The summed E-state index contributed by atoms with van der Waals surface area (Å²) >= 11 is 1.74. The van der Waals surface area contributed by atoms with Crippen LogP contribution in [0.25, 0.3) is 0 Å². The molecular weight excluding hydrogens is 318 g/mol. The first-order chi connectivity index (χ1) is 11.7. The molecule has 2 fully saturated rings. The molecule has 24 heavy (non-hydrogen) atoms. The summed E-state index contributed by atoms with van der Waals surface area (Å²) in [5.74, 6) is 1.85. The molecule has 2 aliphatic rings. The Hall–Kier alpha value is -1.14. The highest BCUT2D eigenvalue weighted by molar-refractivity contribution is 7.11. The normalized spacial score (nSPS) is 23.0. The van der Waals surface area contributed by atoms with Crippen LogP contribution in [0.3, 0.4) is 0 Å². The van der Waals surface area contributed by atoms with Crippen molar-refractivity contribution in [3.05, 3.63) is 16.1 Å². The summed E-state index contributed by atoms with van der Waals surface area (Å²) in [6.45, 7) is 12.0. The fraction of sp³-hybridized carbons (Fsp3) is 0.778. The van der Waals surface area contributed by atoms with Crippen LogP contribution in [-0.4, -0.2) is 60.0 Å². The maximum Gasteiger partial charge on any atom is 0.194 e. The Balaban J connectivity index is 1.53. The number of hydrogen-bond donors (Lipinski definition) is 1. The molecule has 5 nitrogen and oxygen atoms in total. The Morgan fingerprint density at radius 3 is 2.88 bits per heavy atom. The average molecular weight is 350 g/mol. The van der Waals surface area contributed by atoms with Crippen molar-refractivity contribution in [2.45, 2.75) is 46.1 Å². The first-order valence-corrected chi connectivity index (χ1v) is 10.2. The molecule has 1 aromatic rings. The van der Waals surface area contributed by atoms with E-state index < -0.39 is 0 Å². The number of guanidine groups is 1. The van der Waals surface area contributed by atoms with Gasteiger partial charge in [-0.2, -0.15) is 0 Å². The Bertz CT molecular complexity index is 535. The van der Waals surface area contributed by atoms with Crippen molar-refractivity contribution in [3.63, 3.8) is 0 Å². The van der Waals surface area contributed by atoms with Crippen LogP contribution in [0, 0.1) is 12.8 Å². The predicted octanol–water partition coefficient (Wildman–Crippen LogP) is 2.72. The Kier molecular flexibility index (Phi) is 6.49. The number of likely N-dealkylation sites (tertiary alicyclic amines) is 2. The van der Waals surface area contributed by atoms with Crippen LogP contribution in [0.1, 0.15) is 42.5 Å². The van der Waals surface area contributed by atoms with Crippen molar-refractivity contribution in [2.24, 2.45) is 10.9 Å². The first-order valence-electron chi connectivity index (χ1n) is 9.41. The van der Waals surface area contributed by atoms with Gasteiger partial charge in [-0.15, -0.1) is 11.3 Å². The van der Waals surface area contributed by atoms with Crippen molar-refractivity contribution in [2.75, 3.05) is 39.3 Å². The van der Waals surface area contributed by atoms with E-state index >= 15 is 0 Å². The zero-order chi connectivity index (χ0) is 16.8. The van der Waals surface area contributed by atoms with E-state index in [1.165, 1.54) is 50.2 Å². The Labute approximate surface area is 150 Å². The zero-order valence-electron chi connectivity index (χ0n) is 15.1. The van der Waals surface area contributed by atoms with E-state index in [-0.39, 0.29) is 0 Å². The van der Waals surface area contributed by atoms with Crippen LogP contribution in [0.4, 0.5) is 0 Å². The molecule has 1 N–H and O–H groups in total. The van der Waals surface area contributed by atoms with Crippen LogP contribution in [-0.2, 0) is 6.54 Å². The predicted molar refractivity (Wildman–Crippen MR) is 102 cm³/mol. The fourth-order valence-electron chi connectivity index (χ4n) is 3.72. The van der Waals surface area contributed by atoms with E-state index in [1.54, 1.807) is 11.3 Å². The van der Waals surface area contributed by atoms with Crippen LogP contribution in [0.5, 0.6) is 0 Å². The van der Waals surface area contributed by atoms with Gasteiger partial charge in [-0.1, -0.05) is 6.42 Å². The lowest BCUT2D eigenvalue weighted by Gasteiger charge is -2.29. The number of aliphatic imine (C=N–C) groups is 1. The van der Waals surface area contributed by atoms with Gasteiger partial charge in [0.15, 0.2) is 5.96 Å². The van der Waals surface area contributed by atoms with Crippen molar-refractivity contribution >= 4 is 17.3 Å². The van der Waals surface area contributed by atoms with Gasteiger partial charge in [0.25, 0.3) is 0 Å². The minimum atomic E-state index is 0.689. The van der Waals surface area contributed by atoms with Gasteiger partial charge in [-0.25, -0.2) is 9.98 Å². The second-order valence-corrected chi connectivity index (χ2v) is 8.32. The summed E-state index contributed by atoms with van der Waals surface area (Å²) in [5, 5.41) is 4.57. The maximum atomic E-state index is 4.83. The van der Waals surface area contributed by atoms with Crippen LogP contribution in [0.2, 0.25) is 0 Å². The Morgan fingerprint density at radius 1 is 1.33 bits per heavy atom.